The van der Waals surface area contributed by atoms with Gasteiger partial charge in [-0.3, -0.25) is 9.98 Å². The van der Waals surface area contributed by atoms with Crippen molar-refractivity contribution in [2.75, 3.05) is 20.1 Å². The van der Waals surface area contributed by atoms with Gasteiger partial charge in [0.05, 0.1) is 0 Å². The fraction of sp³-hybridized carbons (Fsp3) is 0.333. The first-order valence-corrected chi connectivity index (χ1v) is 7.68. The highest BCUT2D eigenvalue weighted by molar-refractivity contribution is 5.79. The maximum atomic E-state index is 4.31. The van der Waals surface area contributed by atoms with Crippen LogP contribution in [0.1, 0.15) is 16.8 Å². The number of guanidine groups is 1. The van der Waals surface area contributed by atoms with Crippen LogP contribution in [0.2, 0.25) is 0 Å². The van der Waals surface area contributed by atoms with Gasteiger partial charge in [-0.25, -0.2) is 0 Å². The van der Waals surface area contributed by atoms with E-state index in [4.69, 9.17) is 0 Å². The monoisotopic (exact) mass is 296 g/mol. The van der Waals surface area contributed by atoms with Crippen molar-refractivity contribution in [1.82, 2.24) is 15.6 Å². The molecule has 2 rings (SSSR count). The molecule has 0 unspecified atom stereocenters. The van der Waals surface area contributed by atoms with Crippen LogP contribution in [0.25, 0.3) is 0 Å². The molecular weight excluding hydrogens is 272 g/mol. The molecule has 0 spiro atoms. The fourth-order valence-electron chi connectivity index (χ4n) is 2.16. The summed E-state index contributed by atoms with van der Waals surface area (Å²) in [6.07, 6.45) is 3.86. The van der Waals surface area contributed by atoms with E-state index in [1.165, 1.54) is 11.1 Å². The van der Waals surface area contributed by atoms with E-state index in [0.717, 1.165) is 37.6 Å². The summed E-state index contributed by atoms with van der Waals surface area (Å²) in [5.41, 5.74) is 3.61. The summed E-state index contributed by atoms with van der Waals surface area (Å²) in [6, 6.07) is 14.6. The average molecular weight is 296 g/mol. The summed E-state index contributed by atoms with van der Waals surface area (Å²) in [7, 11) is 1.80. The number of pyridine rings is 1. The minimum Gasteiger partial charge on any atom is -0.356 e. The predicted molar refractivity (Wildman–Crippen MR) is 92.2 cm³/mol. The molecule has 0 aliphatic carbocycles. The second kappa shape index (κ2) is 8.82. The van der Waals surface area contributed by atoms with E-state index < -0.39 is 0 Å². The van der Waals surface area contributed by atoms with Crippen molar-refractivity contribution in [3.63, 3.8) is 0 Å². The smallest absolute Gasteiger partial charge is 0.190 e. The summed E-state index contributed by atoms with van der Waals surface area (Å²) < 4.78 is 0. The van der Waals surface area contributed by atoms with E-state index in [1.54, 1.807) is 7.05 Å². The Labute approximate surface area is 132 Å². The Morgan fingerprint density at radius 3 is 2.23 bits per heavy atom. The molecule has 4 nitrogen and oxygen atoms in total. The minimum absolute atomic E-state index is 0.843. The number of aliphatic imine (C=N–C) groups is 1. The van der Waals surface area contributed by atoms with Crippen LogP contribution >= 0.6 is 0 Å². The molecule has 1 heterocycles. The zero-order chi connectivity index (χ0) is 15.6. The molecule has 0 amide bonds. The Bertz CT molecular complexity index is 576. The van der Waals surface area contributed by atoms with Gasteiger partial charge in [0.1, 0.15) is 0 Å². The Morgan fingerprint density at radius 1 is 0.955 bits per heavy atom. The average Bonchev–Trinajstić information content (AvgIpc) is 2.56. The quantitative estimate of drug-likeness (QED) is 0.635. The van der Waals surface area contributed by atoms with Crippen LogP contribution < -0.4 is 10.6 Å². The van der Waals surface area contributed by atoms with Crippen molar-refractivity contribution >= 4 is 5.96 Å². The molecule has 4 heteroatoms. The summed E-state index contributed by atoms with van der Waals surface area (Å²) in [4.78, 5) is 8.55. The molecule has 0 radical (unpaired) electrons. The number of nitrogens with one attached hydrogen (secondary N) is 2. The molecule has 0 fully saturated rings. The summed E-state index contributed by atoms with van der Waals surface area (Å²) in [5, 5.41) is 6.67. The highest BCUT2D eigenvalue weighted by Gasteiger charge is 1.98. The van der Waals surface area contributed by atoms with Gasteiger partial charge in [0.2, 0.25) is 0 Å². The number of nitrogens with zero attached hydrogens (tertiary/aromatic N) is 2. The molecule has 1 aromatic heterocycles. The van der Waals surface area contributed by atoms with Crippen molar-refractivity contribution in [3.05, 3.63) is 65.5 Å². The van der Waals surface area contributed by atoms with Crippen molar-refractivity contribution in [1.29, 1.82) is 0 Å². The van der Waals surface area contributed by atoms with Crippen molar-refractivity contribution in [2.24, 2.45) is 4.99 Å². The van der Waals surface area contributed by atoms with Gasteiger partial charge in [-0.05, 0) is 37.0 Å². The van der Waals surface area contributed by atoms with E-state index in [2.05, 4.69) is 50.9 Å². The molecule has 0 saturated heterocycles. The zero-order valence-electron chi connectivity index (χ0n) is 13.3. The molecule has 116 valence electrons. The van der Waals surface area contributed by atoms with Gasteiger partial charge in [0.25, 0.3) is 0 Å². The second-order valence-electron chi connectivity index (χ2n) is 5.22. The fourth-order valence-corrected chi connectivity index (χ4v) is 2.16. The van der Waals surface area contributed by atoms with E-state index in [9.17, 15) is 0 Å². The lowest BCUT2D eigenvalue weighted by Gasteiger charge is -2.12. The molecule has 0 aliphatic heterocycles. The van der Waals surface area contributed by atoms with Crippen molar-refractivity contribution in [3.8, 4) is 0 Å². The van der Waals surface area contributed by atoms with Crippen LogP contribution in [-0.2, 0) is 12.8 Å². The van der Waals surface area contributed by atoms with Gasteiger partial charge in [-0.2, -0.15) is 0 Å². The predicted octanol–water partition coefficient (Wildman–Crippen LogP) is 2.34. The largest absolute Gasteiger partial charge is 0.356 e. The number of hydrogen-bond donors (Lipinski definition) is 2. The highest BCUT2D eigenvalue weighted by Crippen LogP contribution is 2.00. The van der Waals surface area contributed by atoms with Crippen LogP contribution in [-0.4, -0.2) is 31.1 Å². The Balaban J connectivity index is 1.68. The summed E-state index contributed by atoms with van der Waals surface area (Å²) in [6.45, 7) is 3.71. The van der Waals surface area contributed by atoms with Crippen molar-refractivity contribution in [2.45, 2.75) is 19.8 Å². The summed E-state index contributed by atoms with van der Waals surface area (Å²) in [5.74, 6) is 0.844. The lowest BCUT2D eigenvalue weighted by atomic mass is 10.1. The third kappa shape index (κ3) is 5.56. The van der Waals surface area contributed by atoms with Gasteiger partial charge in [-0.15, -0.1) is 0 Å². The molecule has 0 aliphatic rings. The second-order valence-corrected chi connectivity index (χ2v) is 5.22. The van der Waals surface area contributed by atoms with Gasteiger partial charge >= 0.3 is 0 Å². The van der Waals surface area contributed by atoms with E-state index in [0.29, 0.717) is 0 Å². The Morgan fingerprint density at radius 2 is 1.64 bits per heavy atom. The first-order valence-electron chi connectivity index (χ1n) is 7.68. The number of benzene rings is 1. The Kier molecular flexibility index (Phi) is 6.42. The first kappa shape index (κ1) is 16.0. The van der Waals surface area contributed by atoms with Crippen LogP contribution in [0.5, 0.6) is 0 Å². The van der Waals surface area contributed by atoms with E-state index >= 15 is 0 Å². The van der Waals surface area contributed by atoms with Crippen LogP contribution in [0.3, 0.4) is 0 Å². The molecule has 0 atom stereocenters. The molecule has 1 aromatic carbocycles. The zero-order valence-corrected chi connectivity index (χ0v) is 13.3. The van der Waals surface area contributed by atoms with Gasteiger partial charge in [0, 0.05) is 32.0 Å². The lowest BCUT2D eigenvalue weighted by molar-refractivity contribution is 0.783. The van der Waals surface area contributed by atoms with Crippen LogP contribution in [0, 0.1) is 6.92 Å². The molecular formula is C18H24N4. The third-order valence-electron chi connectivity index (χ3n) is 3.45. The lowest BCUT2D eigenvalue weighted by Crippen LogP contribution is -2.39. The van der Waals surface area contributed by atoms with E-state index in [-0.39, 0.29) is 0 Å². The van der Waals surface area contributed by atoms with Crippen molar-refractivity contribution < 1.29 is 0 Å². The molecule has 0 bridgehead atoms. The molecule has 2 aromatic rings. The number of aromatic nitrogens is 1. The van der Waals surface area contributed by atoms with Gasteiger partial charge in [-0.1, -0.05) is 36.4 Å². The maximum absolute atomic E-state index is 4.31. The summed E-state index contributed by atoms with van der Waals surface area (Å²) >= 11 is 0. The normalized spacial score (nSPS) is 11.3. The molecule has 0 saturated carbocycles. The SMILES string of the molecule is CN=C(NCCc1ccccc1)NCCc1ccc(C)nc1. The molecule has 2 N–H and O–H groups in total. The van der Waals surface area contributed by atoms with Crippen LogP contribution in [0.4, 0.5) is 0 Å². The number of hydrogen-bond acceptors (Lipinski definition) is 2. The van der Waals surface area contributed by atoms with Crippen LogP contribution in [0.15, 0.2) is 53.7 Å². The minimum atomic E-state index is 0.843. The standard InChI is InChI=1S/C18H24N4/c1-15-8-9-17(14-22-15)11-13-21-18(19-2)20-12-10-16-6-4-3-5-7-16/h3-9,14H,10-13H2,1-2H3,(H2,19,20,21). The highest BCUT2D eigenvalue weighted by atomic mass is 15.2. The Hall–Kier alpha value is -2.36. The third-order valence-corrected chi connectivity index (χ3v) is 3.45. The van der Waals surface area contributed by atoms with Gasteiger partial charge < -0.3 is 10.6 Å². The maximum Gasteiger partial charge on any atom is 0.190 e. The topological polar surface area (TPSA) is 49.3 Å². The number of rotatable bonds is 6. The molecule has 22 heavy (non-hydrogen) atoms. The van der Waals surface area contributed by atoms with E-state index in [1.807, 2.05) is 25.3 Å². The van der Waals surface area contributed by atoms with Gasteiger partial charge in [0.15, 0.2) is 5.96 Å². The number of aryl methyl sites for hydroxylation is 1. The first-order chi connectivity index (χ1) is 10.8.